The fourth-order valence-corrected chi connectivity index (χ4v) is 2.22. The average Bonchev–Trinajstić information content (AvgIpc) is 2.50. The quantitative estimate of drug-likeness (QED) is 0.335. The van der Waals surface area contributed by atoms with Gasteiger partial charge in [0.1, 0.15) is 11.6 Å². The van der Waals surface area contributed by atoms with Crippen molar-refractivity contribution < 1.29 is 19.4 Å². The second-order valence-electron chi connectivity index (χ2n) is 4.16. The number of carbonyl (C=O) groups is 2. The molecule has 0 aliphatic rings. The van der Waals surface area contributed by atoms with E-state index in [4.69, 9.17) is 49.9 Å². The summed E-state index contributed by atoms with van der Waals surface area (Å²) in [4.78, 5) is 22.8. The van der Waals surface area contributed by atoms with Crippen LogP contribution >= 0.6 is 34.8 Å². The first kappa shape index (κ1) is 19.1. The molecule has 0 aliphatic carbocycles. The molecule has 1 rings (SSSR count). The number of nitrogens with one attached hydrogen (secondary N) is 1. The fraction of sp³-hybridized carbons (Fsp3) is 0.214. The van der Waals surface area contributed by atoms with Gasteiger partial charge in [-0.05, 0) is 12.5 Å². The van der Waals surface area contributed by atoms with E-state index in [1.807, 2.05) is 6.92 Å². The zero-order chi connectivity index (χ0) is 17.6. The first-order valence-corrected chi connectivity index (χ1v) is 7.41. The topological polar surface area (TPSA) is 99.4 Å². The van der Waals surface area contributed by atoms with Crippen molar-refractivity contribution in [3.63, 3.8) is 0 Å². The third-order valence-corrected chi connectivity index (χ3v) is 3.70. The lowest BCUT2D eigenvalue weighted by atomic mass is 10.2. The van der Waals surface area contributed by atoms with Gasteiger partial charge in [0.15, 0.2) is 5.57 Å². The van der Waals surface area contributed by atoms with Crippen molar-refractivity contribution in [1.82, 2.24) is 0 Å². The van der Waals surface area contributed by atoms with Gasteiger partial charge in [-0.15, -0.1) is 0 Å². The van der Waals surface area contributed by atoms with Crippen LogP contribution in [0.2, 0.25) is 15.1 Å². The Balaban J connectivity index is 3.14. The van der Waals surface area contributed by atoms with Crippen LogP contribution in [-0.4, -0.2) is 23.7 Å². The number of rotatable bonds is 6. The molecule has 0 amide bonds. The van der Waals surface area contributed by atoms with Crippen molar-refractivity contribution in [2.45, 2.75) is 13.3 Å². The van der Waals surface area contributed by atoms with E-state index in [1.54, 1.807) is 6.07 Å². The number of carboxylic acid groups (broad SMARTS) is 1. The molecular weight excluding hydrogens is 367 g/mol. The highest BCUT2D eigenvalue weighted by Gasteiger charge is 2.20. The summed E-state index contributed by atoms with van der Waals surface area (Å²) in [5, 5.41) is 20.2. The zero-order valence-electron chi connectivity index (χ0n) is 11.8. The smallest absolute Gasteiger partial charge is 0.350 e. The predicted octanol–water partition coefficient (Wildman–Crippen LogP) is 4.12. The molecule has 122 valence electrons. The van der Waals surface area contributed by atoms with Crippen LogP contribution in [0.1, 0.15) is 23.7 Å². The Morgan fingerprint density at radius 2 is 2.04 bits per heavy atom. The summed E-state index contributed by atoms with van der Waals surface area (Å²) in [5.74, 6) is -2.17. The minimum absolute atomic E-state index is 0.0450. The molecule has 23 heavy (non-hydrogen) atoms. The zero-order valence-corrected chi connectivity index (χ0v) is 14.1. The van der Waals surface area contributed by atoms with E-state index in [2.05, 4.69) is 5.32 Å². The summed E-state index contributed by atoms with van der Waals surface area (Å²) in [6.07, 6.45) is 1.66. The number of nitrogens with zero attached hydrogens (tertiary/aromatic N) is 1. The number of nitriles is 1. The maximum absolute atomic E-state index is 11.6. The van der Waals surface area contributed by atoms with E-state index in [0.29, 0.717) is 6.42 Å². The number of ether oxygens (including phenoxy) is 1. The number of hydrogen-bond acceptors (Lipinski definition) is 5. The Bertz CT molecular complexity index is 711. The van der Waals surface area contributed by atoms with Crippen LogP contribution in [0.3, 0.4) is 0 Å². The molecule has 0 spiro atoms. The van der Waals surface area contributed by atoms with Crippen LogP contribution in [0.25, 0.3) is 0 Å². The van der Waals surface area contributed by atoms with Gasteiger partial charge in [-0.1, -0.05) is 41.7 Å². The highest BCUT2D eigenvalue weighted by Crippen LogP contribution is 2.37. The Hall–Kier alpha value is -1.94. The SMILES string of the molecule is CCCOC(=O)C(C#N)=CNc1cc(Cl)c(Cl)c(C(=O)O)c1Cl. The number of aromatic carboxylic acids is 1. The highest BCUT2D eigenvalue weighted by atomic mass is 35.5. The molecule has 0 atom stereocenters. The number of anilines is 1. The molecule has 0 fully saturated rings. The molecule has 0 aliphatic heterocycles. The molecule has 0 aromatic heterocycles. The summed E-state index contributed by atoms with van der Waals surface area (Å²) in [6.45, 7) is 1.98. The van der Waals surface area contributed by atoms with Gasteiger partial charge in [-0.25, -0.2) is 9.59 Å². The minimum Gasteiger partial charge on any atom is -0.478 e. The third kappa shape index (κ3) is 4.76. The van der Waals surface area contributed by atoms with Gasteiger partial charge in [-0.2, -0.15) is 5.26 Å². The van der Waals surface area contributed by atoms with Crippen molar-refractivity contribution >= 4 is 52.4 Å². The number of hydrogen-bond donors (Lipinski definition) is 2. The van der Waals surface area contributed by atoms with Crippen LogP contribution in [-0.2, 0) is 9.53 Å². The van der Waals surface area contributed by atoms with E-state index in [-0.39, 0.29) is 38.5 Å². The summed E-state index contributed by atoms with van der Waals surface area (Å²) < 4.78 is 4.82. The standard InChI is InChI=1S/C14H11Cl3N2O4/c1-2-3-23-14(22)7(5-18)6-19-9-4-8(15)11(16)10(12(9)17)13(20)21/h4,6,19H,2-3H2,1H3,(H,20,21). The molecule has 1 aromatic carbocycles. The molecule has 0 saturated carbocycles. The largest absolute Gasteiger partial charge is 0.478 e. The number of carbonyl (C=O) groups excluding carboxylic acids is 1. The monoisotopic (exact) mass is 376 g/mol. The summed E-state index contributed by atoms with van der Waals surface area (Å²) in [5.41, 5.74) is -0.615. The Kier molecular flexibility index (Phi) is 7.17. The van der Waals surface area contributed by atoms with Crippen LogP contribution in [0.15, 0.2) is 17.8 Å². The Morgan fingerprint density at radius 1 is 1.39 bits per heavy atom. The number of halogens is 3. The fourth-order valence-electron chi connectivity index (χ4n) is 1.46. The van der Waals surface area contributed by atoms with E-state index in [9.17, 15) is 9.59 Å². The molecule has 0 heterocycles. The van der Waals surface area contributed by atoms with Crippen molar-refractivity contribution in [2.75, 3.05) is 11.9 Å². The lowest BCUT2D eigenvalue weighted by molar-refractivity contribution is -0.138. The van der Waals surface area contributed by atoms with E-state index in [0.717, 1.165) is 6.20 Å². The Labute approximate surface area is 147 Å². The van der Waals surface area contributed by atoms with Crippen LogP contribution < -0.4 is 5.32 Å². The van der Waals surface area contributed by atoms with Gasteiger partial charge in [0.2, 0.25) is 0 Å². The van der Waals surface area contributed by atoms with Crippen LogP contribution in [0.4, 0.5) is 5.69 Å². The summed E-state index contributed by atoms with van der Waals surface area (Å²) in [6, 6.07) is 2.95. The molecule has 0 saturated heterocycles. The van der Waals surface area contributed by atoms with Crippen molar-refractivity contribution in [2.24, 2.45) is 0 Å². The molecular formula is C14H11Cl3N2O4. The number of benzene rings is 1. The van der Waals surface area contributed by atoms with E-state index < -0.39 is 11.9 Å². The van der Waals surface area contributed by atoms with Crippen molar-refractivity contribution in [3.05, 3.63) is 38.5 Å². The molecule has 6 nitrogen and oxygen atoms in total. The van der Waals surface area contributed by atoms with Gasteiger partial charge in [0.25, 0.3) is 0 Å². The maximum Gasteiger partial charge on any atom is 0.350 e. The number of carboxylic acids is 1. The van der Waals surface area contributed by atoms with Gasteiger partial charge < -0.3 is 15.2 Å². The molecule has 0 bridgehead atoms. The highest BCUT2D eigenvalue weighted by molar-refractivity contribution is 6.47. The molecule has 1 aromatic rings. The first-order valence-electron chi connectivity index (χ1n) is 6.28. The third-order valence-electron chi connectivity index (χ3n) is 2.52. The summed E-state index contributed by atoms with van der Waals surface area (Å²) in [7, 11) is 0. The molecule has 0 radical (unpaired) electrons. The molecule has 0 unspecified atom stereocenters. The minimum atomic E-state index is -1.36. The lowest BCUT2D eigenvalue weighted by Crippen LogP contribution is -2.09. The van der Waals surface area contributed by atoms with Crippen LogP contribution in [0.5, 0.6) is 0 Å². The molecule has 9 heteroatoms. The second kappa shape index (κ2) is 8.63. The first-order chi connectivity index (χ1) is 10.8. The predicted molar refractivity (Wildman–Crippen MR) is 87.0 cm³/mol. The van der Waals surface area contributed by atoms with Gasteiger partial charge >= 0.3 is 11.9 Å². The van der Waals surface area contributed by atoms with Crippen LogP contribution in [0, 0.1) is 11.3 Å². The van der Waals surface area contributed by atoms with Crippen molar-refractivity contribution in [1.29, 1.82) is 5.26 Å². The van der Waals surface area contributed by atoms with Crippen molar-refractivity contribution in [3.8, 4) is 6.07 Å². The second-order valence-corrected chi connectivity index (χ2v) is 5.33. The average molecular weight is 378 g/mol. The van der Waals surface area contributed by atoms with Gasteiger partial charge in [-0.3, -0.25) is 0 Å². The summed E-state index contributed by atoms with van der Waals surface area (Å²) >= 11 is 17.6. The molecule has 2 N–H and O–H groups in total. The van der Waals surface area contributed by atoms with E-state index >= 15 is 0 Å². The lowest BCUT2D eigenvalue weighted by Gasteiger charge is -2.10. The van der Waals surface area contributed by atoms with Gasteiger partial charge in [0.05, 0.1) is 27.4 Å². The maximum atomic E-state index is 11.6. The van der Waals surface area contributed by atoms with E-state index in [1.165, 1.54) is 6.07 Å². The number of esters is 1. The normalized spacial score (nSPS) is 10.8. The van der Waals surface area contributed by atoms with Gasteiger partial charge in [0, 0.05) is 6.20 Å². The Morgan fingerprint density at radius 3 is 2.57 bits per heavy atom.